The van der Waals surface area contributed by atoms with Gasteiger partial charge in [-0.1, -0.05) is 36.4 Å². The molecule has 1 N–H and O–H groups in total. The Hall–Kier alpha value is -3.76. The van der Waals surface area contributed by atoms with Crippen molar-refractivity contribution in [1.29, 1.82) is 5.26 Å². The second-order valence-corrected chi connectivity index (χ2v) is 10.4. The summed E-state index contributed by atoms with van der Waals surface area (Å²) in [6.07, 6.45) is -1.03. The van der Waals surface area contributed by atoms with Gasteiger partial charge in [-0.3, -0.25) is 4.79 Å². The molecule has 0 saturated carbocycles. The zero-order valence-electron chi connectivity index (χ0n) is 18.0. The van der Waals surface area contributed by atoms with E-state index in [-0.39, 0.29) is 5.91 Å². The van der Waals surface area contributed by atoms with Crippen molar-refractivity contribution < 1.29 is 9.90 Å². The molecule has 6 heteroatoms. The summed E-state index contributed by atoms with van der Waals surface area (Å²) >= 11 is 3.19. The largest absolute Gasteiger partial charge is 0.369 e. The molecule has 3 heterocycles. The Bertz CT molecular complexity index is 1710. The topological polar surface area (TPSA) is 64.3 Å². The van der Waals surface area contributed by atoms with Crippen LogP contribution in [-0.4, -0.2) is 23.0 Å². The maximum absolute atomic E-state index is 13.6. The lowest BCUT2D eigenvalue weighted by Crippen LogP contribution is -2.22. The molecule has 3 aromatic carbocycles. The van der Waals surface area contributed by atoms with E-state index in [4.69, 9.17) is 0 Å². The van der Waals surface area contributed by atoms with Gasteiger partial charge in [0.2, 0.25) is 0 Å². The van der Waals surface area contributed by atoms with E-state index in [1.807, 2.05) is 59.3 Å². The van der Waals surface area contributed by atoms with Crippen molar-refractivity contribution >= 4 is 39.4 Å². The number of aliphatic hydroxyl groups is 1. The summed E-state index contributed by atoms with van der Waals surface area (Å²) in [5, 5.41) is 27.1. The number of carbonyl (C=O) groups is 1. The van der Waals surface area contributed by atoms with Crippen molar-refractivity contribution in [3.05, 3.63) is 82.0 Å². The van der Waals surface area contributed by atoms with E-state index in [9.17, 15) is 15.2 Å². The van der Waals surface area contributed by atoms with Gasteiger partial charge in [0.15, 0.2) is 6.23 Å². The van der Waals surface area contributed by atoms with Gasteiger partial charge < -0.3 is 10.0 Å². The predicted octanol–water partition coefficient (Wildman–Crippen LogP) is 6.89. The minimum absolute atomic E-state index is 0.174. The third kappa shape index (κ3) is 2.31. The summed E-state index contributed by atoms with van der Waals surface area (Å²) in [6.45, 7) is 0. The molecule has 0 bridgehead atoms. The fourth-order valence-corrected chi connectivity index (χ4v) is 7.11. The average molecular weight is 477 g/mol. The molecule has 0 fully saturated rings. The van der Waals surface area contributed by atoms with Gasteiger partial charge in [0.25, 0.3) is 5.91 Å². The van der Waals surface area contributed by atoms with Crippen molar-refractivity contribution in [2.45, 2.75) is 6.23 Å². The number of thiophene rings is 2. The lowest BCUT2D eigenvalue weighted by Gasteiger charge is -2.20. The Balaban J connectivity index is 1.77. The molecule has 1 amide bonds. The molecular weight excluding hydrogens is 460 g/mol. The number of carbonyl (C=O) groups excluding carboxylic acids is 1. The molecule has 1 aliphatic heterocycles. The summed E-state index contributed by atoms with van der Waals surface area (Å²) in [5.41, 5.74) is 7.76. The monoisotopic (exact) mass is 476 g/mol. The summed E-state index contributed by atoms with van der Waals surface area (Å²) < 4.78 is 0. The zero-order chi connectivity index (χ0) is 23.1. The molecule has 2 aliphatic rings. The summed E-state index contributed by atoms with van der Waals surface area (Å²) in [7, 11) is 1.66. The van der Waals surface area contributed by atoms with Crippen LogP contribution in [0.4, 0.5) is 0 Å². The Kier molecular flexibility index (Phi) is 3.98. The van der Waals surface area contributed by atoms with Gasteiger partial charge in [-0.25, -0.2) is 0 Å². The van der Waals surface area contributed by atoms with Gasteiger partial charge in [0.05, 0.1) is 17.2 Å². The van der Waals surface area contributed by atoms with E-state index in [0.29, 0.717) is 16.7 Å². The molecule has 1 unspecified atom stereocenters. The standard InChI is InChI=1S/C28H16N2O2S2/c1-30-27(31)25-23(18-7-3-11-33-18)21-16-6-2-5-15-14(13-29)9-10-17(20(15)16)22(21)24(26(25)28(30)32)19-8-4-12-34-19/h2-12,28,32H,1H3. The molecule has 5 aromatic rings. The number of aliphatic hydroxyl groups excluding tert-OH is 1. The third-order valence-electron chi connectivity index (χ3n) is 6.93. The van der Waals surface area contributed by atoms with Crippen molar-refractivity contribution in [1.82, 2.24) is 4.90 Å². The molecule has 0 saturated heterocycles. The van der Waals surface area contributed by atoms with Crippen LogP contribution >= 0.6 is 22.7 Å². The smallest absolute Gasteiger partial charge is 0.257 e. The van der Waals surface area contributed by atoms with Crippen LogP contribution in [0.1, 0.15) is 27.7 Å². The first-order valence-corrected chi connectivity index (χ1v) is 12.6. The lowest BCUT2D eigenvalue weighted by atomic mass is 9.84. The maximum atomic E-state index is 13.6. The van der Waals surface area contributed by atoms with Crippen LogP contribution in [0.2, 0.25) is 0 Å². The number of amides is 1. The van der Waals surface area contributed by atoms with Crippen molar-refractivity contribution in [2.75, 3.05) is 7.05 Å². The SMILES string of the molecule is CN1C(=O)c2c(-c3cccs3)c3c(c(-c4cccs4)c2C1O)-c1ccc(C#N)c2cccc-3c12. The number of rotatable bonds is 2. The Morgan fingerprint density at radius 1 is 0.853 bits per heavy atom. The number of fused-ring (bicyclic) bond motifs is 4. The molecule has 7 rings (SSSR count). The van der Waals surface area contributed by atoms with Crippen LogP contribution in [0.15, 0.2) is 65.4 Å². The van der Waals surface area contributed by atoms with Crippen molar-refractivity contribution in [3.63, 3.8) is 0 Å². The normalized spacial score (nSPS) is 15.6. The number of hydrogen-bond acceptors (Lipinski definition) is 5. The number of benzene rings is 3. The highest BCUT2D eigenvalue weighted by Gasteiger charge is 2.43. The van der Waals surface area contributed by atoms with Crippen molar-refractivity contribution in [2.24, 2.45) is 0 Å². The van der Waals surface area contributed by atoms with E-state index >= 15 is 0 Å². The highest BCUT2D eigenvalue weighted by molar-refractivity contribution is 7.14. The Labute approximate surface area is 203 Å². The molecule has 2 aromatic heterocycles. The fraction of sp³-hybridized carbons (Fsp3) is 0.0714. The maximum Gasteiger partial charge on any atom is 0.257 e. The number of nitrogens with zero attached hydrogens (tertiary/aromatic N) is 2. The second-order valence-electron chi connectivity index (χ2n) is 8.53. The van der Waals surface area contributed by atoms with Gasteiger partial charge in [0, 0.05) is 44.4 Å². The highest BCUT2D eigenvalue weighted by Crippen LogP contribution is 2.60. The summed E-state index contributed by atoms with van der Waals surface area (Å²) in [5.74, 6) is -0.174. The Morgan fingerprint density at radius 2 is 1.53 bits per heavy atom. The predicted molar refractivity (Wildman–Crippen MR) is 137 cm³/mol. The molecule has 162 valence electrons. The molecule has 34 heavy (non-hydrogen) atoms. The van der Waals surface area contributed by atoms with E-state index in [0.717, 1.165) is 53.9 Å². The Morgan fingerprint density at radius 3 is 2.21 bits per heavy atom. The highest BCUT2D eigenvalue weighted by atomic mass is 32.1. The van der Waals surface area contributed by atoms with Crippen LogP contribution in [-0.2, 0) is 0 Å². The number of nitriles is 1. The first-order chi connectivity index (χ1) is 16.6. The quantitative estimate of drug-likeness (QED) is 0.296. The van der Waals surface area contributed by atoms with E-state index < -0.39 is 6.23 Å². The average Bonchev–Trinajstić information content (AvgIpc) is 3.66. The second kappa shape index (κ2) is 6.87. The van der Waals surface area contributed by atoms with E-state index in [1.54, 1.807) is 29.7 Å². The van der Waals surface area contributed by atoms with Crippen molar-refractivity contribution in [3.8, 4) is 49.2 Å². The van der Waals surface area contributed by atoms with Crippen LogP contribution in [0, 0.1) is 11.3 Å². The zero-order valence-corrected chi connectivity index (χ0v) is 19.6. The van der Waals surface area contributed by atoms with E-state index in [2.05, 4.69) is 12.1 Å². The van der Waals surface area contributed by atoms with Gasteiger partial charge >= 0.3 is 0 Å². The lowest BCUT2D eigenvalue weighted by molar-refractivity contribution is 0.0304. The first-order valence-electron chi connectivity index (χ1n) is 10.8. The molecule has 1 aliphatic carbocycles. The van der Waals surface area contributed by atoms with Gasteiger partial charge in [-0.05, 0) is 51.0 Å². The minimum Gasteiger partial charge on any atom is -0.369 e. The van der Waals surface area contributed by atoms with Gasteiger partial charge in [-0.2, -0.15) is 5.26 Å². The van der Waals surface area contributed by atoms with E-state index in [1.165, 1.54) is 4.90 Å². The summed E-state index contributed by atoms with van der Waals surface area (Å²) in [6, 6.07) is 20.3. The molecular formula is C28H16N2O2S2. The van der Waals surface area contributed by atoms with Crippen LogP contribution in [0.3, 0.4) is 0 Å². The van der Waals surface area contributed by atoms with Crippen LogP contribution in [0.5, 0.6) is 0 Å². The van der Waals surface area contributed by atoms with Crippen LogP contribution in [0.25, 0.3) is 53.9 Å². The molecule has 1 atom stereocenters. The third-order valence-corrected chi connectivity index (χ3v) is 8.71. The first kappa shape index (κ1) is 19.7. The molecule has 4 nitrogen and oxygen atoms in total. The van der Waals surface area contributed by atoms with Gasteiger partial charge in [0.1, 0.15) is 0 Å². The molecule has 0 spiro atoms. The summed E-state index contributed by atoms with van der Waals surface area (Å²) in [4.78, 5) is 17.0. The van der Waals surface area contributed by atoms with Crippen LogP contribution < -0.4 is 0 Å². The fourth-order valence-electron chi connectivity index (χ4n) is 5.53. The number of hydrogen-bond donors (Lipinski definition) is 1. The minimum atomic E-state index is -1.03. The van der Waals surface area contributed by atoms with Gasteiger partial charge in [-0.15, -0.1) is 22.7 Å². The molecule has 0 radical (unpaired) electrons.